The van der Waals surface area contributed by atoms with Gasteiger partial charge in [-0.2, -0.15) is 0 Å². The van der Waals surface area contributed by atoms with Gasteiger partial charge in [0.15, 0.2) is 4.77 Å². The molecule has 0 aliphatic rings. The standard InChI is InChI=1S/C15H14ClN3O2S/c1-3-7-19-14(21)10(13(20)18-15(19)22)8-17-12-6-4-5-11(16)9(12)2/h3-6,8,21H,1,7H2,2H3,(H,18,20,22). The number of aromatic nitrogens is 2. The van der Waals surface area contributed by atoms with E-state index in [9.17, 15) is 9.90 Å². The lowest BCUT2D eigenvalue weighted by molar-refractivity contribution is 0.413. The fourth-order valence-corrected chi connectivity index (χ4v) is 2.28. The van der Waals surface area contributed by atoms with E-state index in [1.807, 2.05) is 6.92 Å². The highest BCUT2D eigenvalue weighted by Gasteiger charge is 2.10. The van der Waals surface area contributed by atoms with Crippen LogP contribution in [0.4, 0.5) is 5.69 Å². The second kappa shape index (κ2) is 6.72. The van der Waals surface area contributed by atoms with Crippen molar-refractivity contribution in [2.24, 2.45) is 4.99 Å². The molecule has 0 bridgehead atoms. The van der Waals surface area contributed by atoms with Gasteiger partial charge in [0.05, 0.1) is 5.69 Å². The molecule has 0 amide bonds. The molecular formula is C15H14ClN3O2S. The maximum Gasteiger partial charge on any atom is 0.264 e. The summed E-state index contributed by atoms with van der Waals surface area (Å²) in [6.45, 7) is 5.69. The zero-order valence-corrected chi connectivity index (χ0v) is 13.4. The van der Waals surface area contributed by atoms with Crippen molar-refractivity contribution in [2.45, 2.75) is 13.5 Å². The molecule has 0 atom stereocenters. The molecule has 0 aliphatic carbocycles. The van der Waals surface area contributed by atoms with Crippen molar-refractivity contribution >= 4 is 35.7 Å². The summed E-state index contributed by atoms with van der Waals surface area (Å²) >= 11 is 11.0. The number of hydrogen-bond donors (Lipinski definition) is 2. The van der Waals surface area contributed by atoms with E-state index in [0.29, 0.717) is 10.7 Å². The Morgan fingerprint density at radius 3 is 2.95 bits per heavy atom. The van der Waals surface area contributed by atoms with Crippen molar-refractivity contribution in [3.63, 3.8) is 0 Å². The number of aliphatic imine (C=N–C) groups is 1. The van der Waals surface area contributed by atoms with Gasteiger partial charge >= 0.3 is 0 Å². The van der Waals surface area contributed by atoms with Crippen molar-refractivity contribution in [1.82, 2.24) is 9.55 Å². The van der Waals surface area contributed by atoms with Crippen LogP contribution in [0.1, 0.15) is 11.1 Å². The lowest BCUT2D eigenvalue weighted by Crippen LogP contribution is -2.18. The SMILES string of the molecule is C=CCn1c(O)c(C=Nc2cccc(Cl)c2C)c(=O)[nH]c1=S. The van der Waals surface area contributed by atoms with Gasteiger partial charge in [-0.3, -0.25) is 19.3 Å². The van der Waals surface area contributed by atoms with Crippen LogP contribution in [-0.4, -0.2) is 20.9 Å². The van der Waals surface area contributed by atoms with E-state index in [1.54, 1.807) is 24.3 Å². The first-order chi connectivity index (χ1) is 10.5. The average molecular weight is 336 g/mol. The van der Waals surface area contributed by atoms with Crippen LogP contribution in [-0.2, 0) is 6.54 Å². The number of allylic oxidation sites excluding steroid dienone is 1. The summed E-state index contributed by atoms with van der Waals surface area (Å²) in [5, 5.41) is 10.8. The minimum Gasteiger partial charge on any atom is -0.494 e. The van der Waals surface area contributed by atoms with E-state index in [0.717, 1.165) is 5.56 Å². The smallest absolute Gasteiger partial charge is 0.264 e. The Labute approximate surface area is 137 Å². The van der Waals surface area contributed by atoms with Gasteiger partial charge in [0.2, 0.25) is 5.88 Å². The Morgan fingerprint density at radius 2 is 2.27 bits per heavy atom. The molecule has 22 heavy (non-hydrogen) atoms. The van der Waals surface area contributed by atoms with Crippen LogP contribution in [0.3, 0.4) is 0 Å². The molecule has 0 saturated heterocycles. The second-order valence-corrected chi connectivity index (χ2v) is 5.33. The van der Waals surface area contributed by atoms with Gasteiger partial charge in [-0.15, -0.1) is 6.58 Å². The molecule has 0 aliphatic heterocycles. The predicted molar refractivity (Wildman–Crippen MR) is 91.2 cm³/mol. The summed E-state index contributed by atoms with van der Waals surface area (Å²) in [4.78, 5) is 18.7. The number of rotatable bonds is 4. The number of halogens is 1. The van der Waals surface area contributed by atoms with Crippen LogP contribution in [0.2, 0.25) is 5.02 Å². The summed E-state index contributed by atoms with van der Waals surface area (Å²) in [7, 11) is 0. The molecule has 0 radical (unpaired) electrons. The molecule has 7 heteroatoms. The fraction of sp³-hybridized carbons (Fsp3) is 0.133. The molecule has 0 unspecified atom stereocenters. The number of benzene rings is 1. The molecule has 1 aromatic heterocycles. The third-order valence-electron chi connectivity index (χ3n) is 3.09. The third kappa shape index (κ3) is 3.18. The Kier molecular flexibility index (Phi) is 4.95. The Bertz CT molecular complexity index is 868. The number of hydrogen-bond acceptors (Lipinski definition) is 4. The first kappa shape index (κ1) is 16.2. The fourth-order valence-electron chi connectivity index (χ4n) is 1.86. The van der Waals surface area contributed by atoms with Crippen molar-refractivity contribution in [3.05, 3.63) is 62.1 Å². The van der Waals surface area contributed by atoms with Crippen LogP contribution >= 0.6 is 23.8 Å². The molecule has 0 saturated carbocycles. The molecule has 2 rings (SSSR count). The number of nitrogens with one attached hydrogen (secondary N) is 1. The van der Waals surface area contributed by atoms with E-state index in [1.165, 1.54) is 10.8 Å². The van der Waals surface area contributed by atoms with Gasteiger partial charge in [-0.25, -0.2) is 0 Å². The highest BCUT2D eigenvalue weighted by atomic mass is 35.5. The average Bonchev–Trinajstić information content (AvgIpc) is 2.47. The van der Waals surface area contributed by atoms with Crippen LogP contribution in [0, 0.1) is 11.7 Å². The number of aromatic amines is 1. The molecule has 0 fully saturated rings. The highest BCUT2D eigenvalue weighted by Crippen LogP contribution is 2.25. The topological polar surface area (TPSA) is 70.4 Å². The van der Waals surface area contributed by atoms with E-state index in [-0.39, 0.29) is 22.8 Å². The Hall–Kier alpha value is -2.18. The number of H-pyrrole nitrogens is 1. The lowest BCUT2D eigenvalue weighted by atomic mass is 10.2. The minimum absolute atomic E-state index is 0.0230. The van der Waals surface area contributed by atoms with Gasteiger partial charge in [-0.1, -0.05) is 23.7 Å². The van der Waals surface area contributed by atoms with Crippen molar-refractivity contribution in [1.29, 1.82) is 0 Å². The summed E-state index contributed by atoms with van der Waals surface area (Å²) < 4.78 is 1.48. The predicted octanol–water partition coefficient (Wildman–Crippen LogP) is 3.51. The van der Waals surface area contributed by atoms with Crippen molar-refractivity contribution in [2.75, 3.05) is 0 Å². The van der Waals surface area contributed by atoms with Crippen LogP contribution in [0.5, 0.6) is 5.88 Å². The highest BCUT2D eigenvalue weighted by molar-refractivity contribution is 7.71. The largest absolute Gasteiger partial charge is 0.494 e. The van der Waals surface area contributed by atoms with Crippen LogP contribution < -0.4 is 5.56 Å². The molecule has 0 spiro atoms. The first-order valence-corrected chi connectivity index (χ1v) is 7.20. The second-order valence-electron chi connectivity index (χ2n) is 4.54. The normalized spacial score (nSPS) is 11.0. The molecule has 1 heterocycles. The van der Waals surface area contributed by atoms with E-state index < -0.39 is 5.56 Å². The molecule has 1 aromatic carbocycles. The van der Waals surface area contributed by atoms with Crippen LogP contribution in [0.15, 0.2) is 40.6 Å². The Morgan fingerprint density at radius 1 is 1.55 bits per heavy atom. The maximum atomic E-state index is 12.0. The summed E-state index contributed by atoms with van der Waals surface area (Å²) in [6.07, 6.45) is 2.86. The van der Waals surface area contributed by atoms with Crippen molar-refractivity contribution in [3.8, 4) is 5.88 Å². The molecular weight excluding hydrogens is 322 g/mol. The van der Waals surface area contributed by atoms with Gasteiger partial charge in [0, 0.05) is 17.8 Å². The van der Waals surface area contributed by atoms with Crippen molar-refractivity contribution < 1.29 is 5.11 Å². The van der Waals surface area contributed by atoms with E-state index in [2.05, 4.69) is 16.6 Å². The molecule has 114 valence electrons. The maximum absolute atomic E-state index is 12.0. The number of aromatic hydroxyl groups is 1. The Balaban J connectivity index is 2.54. The molecule has 2 aromatic rings. The van der Waals surface area contributed by atoms with E-state index in [4.69, 9.17) is 23.8 Å². The quantitative estimate of drug-likeness (QED) is 0.510. The van der Waals surface area contributed by atoms with Gasteiger partial charge in [0.25, 0.3) is 5.56 Å². The zero-order chi connectivity index (χ0) is 16.3. The van der Waals surface area contributed by atoms with Gasteiger partial charge in [0.1, 0.15) is 5.56 Å². The third-order valence-corrected chi connectivity index (χ3v) is 3.82. The van der Waals surface area contributed by atoms with Gasteiger partial charge in [-0.05, 0) is 36.8 Å². The lowest BCUT2D eigenvalue weighted by Gasteiger charge is -2.08. The number of nitrogens with zero attached hydrogens (tertiary/aromatic N) is 2. The summed E-state index contributed by atoms with van der Waals surface area (Å²) in [6, 6.07) is 5.28. The summed E-state index contributed by atoms with van der Waals surface area (Å²) in [5.41, 5.74) is 0.917. The monoisotopic (exact) mass is 335 g/mol. The first-order valence-electron chi connectivity index (χ1n) is 6.42. The molecule has 5 nitrogen and oxygen atoms in total. The minimum atomic E-state index is -0.508. The molecule has 2 N–H and O–H groups in total. The van der Waals surface area contributed by atoms with Gasteiger partial charge < -0.3 is 5.11 Å². The van der Waals surface area contributed by atoms with E-state index >= 15 is 0 Å². The summed E-state index contributed by atoms with van der Waals surface area (Å²) in [5.74, 6) is -0.253. The zero-order valence-electron chi connectivity index (χ0n) is 11.8. The van der Waals surface area contributed by atoms with Crippen LogP contribution in [0.25, 0.3) is 0 Å².